The number of hydrogen-bond donors (Lipinski definition) is 0. The van der Waals surface area contributed by atoms with E-state index in [0.29, 0.717) is 0 Å². The Balaban J connectivity index is 1.29. The molecule has 0 unspecified atom stereocenters. The molecule has 1 aliphatic carbocycles. The van der Waals surface area contributed by atoms with Crippen LogP contribution < -0.4 is 0 Å². The molecule has 34 heavy (non-hydrogen) atoms. The molecular formula is C34H42. The van der Waals surface area contributed by atoms with Gasteiger partial charge >= 0.3 is 0 Å². The summed E-state index contributed by atoms with van der Waals surface area (Å²) < 4.78 is 0. The van der Waals surface area contributed by atoms with Gasteiger partial charge in [0.1, 0.15) is 0 Å². The second kappa shape index (κ2) is 12.7. The van der Waals surface area contributed by atoms with Crippen molar-refractivity contribution in [2.45, 2.75) is 84.0 Å². The van der Waals surface area contributed by atoms with E-state index in [0.717, 1.165) is 37.5 Å². The Hall–Kier alpha value is -2.60. The van der Waals surface area contributed by atoms with E-state index in [9.17, 15) is 0 Å². The minimum Gasteiger partial charge on any atom is -0.0917 e. The van der Waals surface area contributed by atoms with Crippen LogP contribution in [-0.4, -0.2) is 0 Å². The van der Waals surface area contributed by atoms with Gasteiger partial charge < -0.3 is 0 Å². The Morgan fingerprint density at radius 1 is 0.676 bits per heavy atom. The summed E-state index contributed by atoms with van der Waals surface area (Å²) >= 11 is 0. The maximum absolute atomic E-state index is 2.49. The molecule has 0 heteroatoms. The molecule has 0 saturated heterocycles. The van der Waals surface area contributed by atoms with Crippen molar-refractivity contribution in [1.29, 1.82) is 0 Å². The predicted octanol–water partition coefficient (Wildman–Crippen LogP) is 9.76. The summed E-state index contributed by atoms with van der Waals surface area (Å²) in [6, 6.07) is 23.5. The van der Waals surface area contributed by atoms with E-state index in [2.05, 4.69) is 98.8 Å². The van der Waals surface area contributed by atoms with Gasteiger partial charge in [-0.25, -0.2) is 0 Å². The van der Waals surface area contributed by atoms with Gasteiger partial charge in [-0.2, -0.15) is 0 Å². The van der Waals surface area contributed by atoms with E-state index >= 15 is 0 Å². The average molecular weight is 451 g/mol. The first-order chi connectivity index (χ1) is 16.7. The largest absolute Gasteiger partial charge is 0.0917 e. The maximum atomic E-state index is 2.49. The Bertz CT molecular complexity index is 1070. The van der Waals surface area contributed by atoms with Crippen LogP contribution in [0.1, 0.15) is 87.0 Å². The normalized spacial score (nSPS) is 18.9. The number of allylic oxidation sites excluding steroid dienone is 4. The lowest BCUT2D eigenvalue weighted by atomic mass is 9.78. The van der Waals surface area contributed by atoms with Gasteiger partial charge in [-0.15, -0.1) is 0 Å². The zero-order chi connectivity index (χ0) is 23.6. The van der Waals surface area contributed by atoms with Crippen LogP contribution in [0.25, 0.3) is 10.8 Å². The topological polar surface area (TPSA) is 0 Å². The molecule has 0 aromatic heterocycles. The Morgan fingerprint density at radius 2 is 1.29 bits per heavy atom. The van der Waals surface area contributed by atoms with Crippen LogP contribution in [0, 0.1) is 5.92 Å². The lowest BCUT2D eigenvalue weighted by Crippen LogP contribution is -2.11. The summed E-state index contributed by atoms with van der Waals surface area (Å²) in [5.74, 6) is 1.57. The zero-order valence-electron chi connectivity index (χ0n) is 21.3. The first-order valence-electron chi connectivity index (χ1n) is 13.6. The lowest BCUT2D eigenvalue weighted by molar-refractivity contribution is 0.375. The fourth-order valence-electron chi connectivity index (χ4n) is 5.42. The van der Waals surface area contributed by atoms with Crippen molar-refractivity contribution in [3.05, 3.63) is 107 Å². The van der Waals surface area contributed by atoms with Gasteiger partial charge in [-0.05, 0) is 110 Å². The van der Waals surface area contributed by atoms with Crippen LogP contribution in [0.15, 0.2) is 85.0 Å². The molecule has 0 amide bonds. The second-order valence-electron chi connectivity index (χ2n) is 10.2. The highest BCUT2D eigenvalue weighted by molar-refractivity contribution is 5.83. The minimum atomic E-state index is 0.758. The van der Waals surface area contributed by atoms with Gasteiger partial charge in [0.05, 0.1) is 0 Å². The third-order valence-corrected chi connectivity index (χ3v) is 7.59. The Labute approximate surface area is 207 Å². The molecule has 0 N–H and O–H groups in total. The van der Waals surface area contributed by atoms with Gasteiger partial charge in [0, 0.05) is 0 Å². The lowest BCUT2D eigenvalue weighted by Gasteiger charge is -2.27. The second-order valence-corrected chi connectivity index (χ2v) is 10.2. The van der Waals surface area contributed by atoms with Crippen LogP contribution >= 0.6 is 0 Å². The standard InChI is InChI=1S/C34H42/c1-3-5-7-9-27-13-19-31(20-14-27)32-21-15-28(16-22-32)11-12-30-18-24-33-25-29(10-8-6-4-2)17-23-34(33)26-30/h4,6-7,9,15-18,21-27,31H,3,5,8,10-14,19-20H2,1-2H3/b6-4+,9-7+. The van der Waals surface area contributed by atoms with Crippen molar-refractivity contribution < 1.29 is 0 Å². The molecule has 3 aromatic carbocycles. The fourth-order valence-corrected chi connectivity index (χ4v) is 5.42. The quantitative estimate of drug-likeness (QED) is 0.270. The van der Waals surface area contributed by atoms with Crippen LogP contribution in [0.5, 0.6) is 0 Å². The first-order valence-corrected chi connectivity index (χ1v) is 13.6. The first kappa shape index (κ1) is 24.5. The van der Waals surface area contributed by atoms with Crippen LogP contribution in [-0.2, 0) is 19.3 Å². The molecule has 0 radical (unpaired) electrons. The number of hydrogen-bond acceptors (Lipinski definition) is 0. The molecule has 1 aliphatic rings. The molecule has 0 bridgehead atoms. The van der Waals surface area contributed by atoms with Crippen LogP contribution in [0.3, 0.4) is 0 Å². The van der Waals surface area contributed by atoms with Crippen LogP contribution in [0.4, 0.5) is 0 Å². The molecule has 3 aromatic rings. The third kappa shape index (κ3) is 6.95. The summed E-state index contributed by atoms with van der Waals surface area (Å²) in [7, 11) is 0. The maximum Gasteiger partial charge on any atom is -0.0162 e. The summed E-state index contributed by atoms with van der Waals surface area (Å²) in [4.78, 5) is 0. The van der Waals surface area contributed by atoms with E-state index in [1.54, 1.807) is 5.56 Å². The van der Waals surface area contributed by atoms with E-state index in [-0.39, 0.29) is 0 Å². The Morgan fingerprint density at radius 3 is 1.94 bits per heavy atom. The molecule has 0 heterocycles. The highest BCUT2D eigenvalue weighted by Crippen LogP contribution is 2.36. The number of rotatable bonds is 10. The summed E-state index contributed by atoms with van der Waals surface area (Å²) in [5.41, 5.74) is 5.88. The highest BCUT2D eigenvalue weighted by atomic mass is 14.3. The molecular weight excluding hydrogens is 408 g/mol. The molecule has 0 nitrogen and oxygen atoms in total. The molecule has 1 saturated carbocycles. The number of aryl methyl sites for hydroxylation is 3. The highest BCUT2D eigenvalue weighted by Gasteiger charge is 2.20. The van der Waals surface area contributed by atoms with E-state index in [1.165, 1.54) is 66.0 Å². The molecule has 0 spiro atoms. The molecule has 1 fully saturated rings. The number of unbranched alkanes of at least 4 members (excludes halogenated alkanes) is 1. The minimum absolute atomic E-state index is 0.758. The van der Waals surface area contributed by atoms with Crippen molar-refractivity contribution >= 4 is 10.8 Å². The van der Waals surface area contributed by atoms with E-state index in [4.69, 9.17) is 0 Å². The smallest absolute Gasteiger partial charge is 0.0162 e. The summed E-state index contributed by atoms with van der Waals surface area (Å²) in [5, 5.41) is 2.73. The van der Waals surface area contributed by atoms with Crippen molar-refractivity contribution in [3.8, 4) is 0 Å². The van der Waals surface area contributed by atoms with Gasteiger partial charge in [0.25, 0.3) is 0 Å². The number of fused-ring (bicyclic) bond motifs is 1. The van der Waals surface area contributed by atoms with Crippen LogP contribution in [0.2, 0.25) is 0 Å². The van der Waals surface area contributed by atoms with E-state index in [1.807, 2.05) is 0 Å². The van der Waals surface area contributed by atoms with Crippen molar-refractivity contribution in [3.63, 3.8) is 0 Å². The van der Waals surface area contributed by atoms with Gasteiger partial charge in [-0.1, -0.05) is 98.3 Å². The van der Waals surface area contributed by atoms with Gasteiger partial charge in [0.2, 0.25) is 0 Å². The average Bonchev–Trinajstić information content (AvgIpc) is 2.88. The van der Waals surface area contributed by atoms with Crippen molar-refractivity contribution in [2.24, 2.45) is 5.92 Å². The van der Waals surface area contributed by atoms with Gasteiger partial charge in [-0.3, -0.25) is 0 Å². The molecule has 178 valence electrons. The van der Waals surface area contributed by atoms with Crippen molar-refractivity contribution in [2.75, 3.05) is 0 Å². The predicted molar refractivity (Wildman–Crippen MR) is 150 cm³/mol. The molecule has 0 atom stereocenters. The molecule has 0 aliphatic heterocycles. The number of benzene rings is 3. The van der Waals surface area contributed by atoms with Gasteiger partial charge in [0.15, 0.2) is 0 Å². The summed E-state index contributed by atoms with van der Waals surface area (Å²) in [6.07, 6.45) is 21.6. The SMILES string of the molecule is C/C=C/CCc1ccc2cc(CCc3ccc(C4CCC(/C=C/CCC)CC4)cc3)ccc2c1. The van der Waals surface area contributed by atoms with E-state index < -0.39 is 0 Å². The Kier molecular flexibility index (Phi) is 9.19. The van der Waals surface area contributed by atoms with Crippen molar-refractivity contribution in [1.82, 2.24) is 0 Å². The zero-order valence-corrected chi connectivity index (χ0v) is 21.3. The monoisotopic (exact) mass is 450 g/mol. The third-order valence-electron chi connectivity index (χ3n) is 7.59. The molecule has 4 rings (SSSR count). The fraction of sp³-hybridized carbons (Fsp3) is 0.412. The summed E-state index contributed by atoms with van der Waals surface area (Å²) in [6.45, 7) is 4.35.